The van der Waals surface area contributed by atoms with Gasteiger partial charge in [0.25, 0.3) is 0 Å². The molecule has 1 fully saturated rings. The molecule has 4 aromatic rings. The van der Waals surface area contributed by atoms with Crippen LogP contribution in [0.5, 0.6) is 5.88 Å². The number of hydrogen-bond acceptors (Lipinski definition) is 5. The Labute approximate surface area is 194 Å². The average Bonchev–Trinajstić information content (AvgIpc) is 3.34. The number of aliphatic hydroxyl groups is 1. The van der Waals surface area contributed by atoms with Crippen molar-refractivity contribution in [1.29, 1.82) is 0 Å². The summed E-state index contributed by atoms with van der Waals surface area (Å²) in [7, 11) is 1.46. The average molecular weight is 475 g/mol. The smallest absolute Gasteiger partial charge is 0.406 e. The summed E-state index contributed by atoms with van der Waals surface area (Å²) >= 11 is 0. The molecule has 5 rings (SSSR count). The van der Waals surface area contributed by atoms with Crippen LogP contribution < -0.4 is 10.4 Å². The third-order valence-electron chi connectivity index (χ3n) is 6.25. The second-order valence-electron chi connectivity index (χ2n) is 8.98. The minimum absolute atomic E-state index is 0.0123. The summed E-state index contributed by atoms with van der Waals surface area (Å²) in [4.78, 5) is 13.2. The van der Waals surface area contributed by atoms with E-state index < -0.39 is 18.3 Å². The van der Waals surface area contributed by atoms with Gasteiger partial charge in [-0.3, -0.25) is 9.61 Å². The van der Waals surface area contributed by atoms with Crippen LogP contribution in [-0.4, -0.2) is 54.2 Å². The van der Waals surface area contributed by atoms with Gasteiger partial charge in [0.2, 0.25) is 11.5 Å². The Morgan fingerprint density at radius 1 is 1.32 bits per heavy atom. The van der Waals surface area contributed by atoms with Gasteiger partial charge in [0, 0.05) is 11.7 Å². The maximum Gasteiger partial charge on any atom is 0.406 e. The van der Waals surface area contributed by atoms with Crippen molar-refractivity contribution in [3.63, 3.8) is 0 Å². The van der Waals surface area contributed by atoms with E-state index in [1.54, 1.807) is 24.3 Å². The summed E-state index contributed by atoms with van der Waals surface area (Å²) < 4.78 is 55.5. The predicted molar refractivity (Wildman–Crippen MR) is 119 cm³/mol. The van der Waals surface area contributed by atoms with Gasteiger partial charge in [0.1, 0.15) is 12.1 Å². The first-order valence-electron chi connectivity index (χ1n) is 11.5. The minimum Gasteiger partial charge on any atom is -0.479 e. The van der Waals surface area contributed by atoms with Gasteiger partial charge in [-0.25, -0.2) is 9.98 Å². The zero-order valence-electron chi connectivity index (χ0n) is 19.7. The minimum atomic E-state index is -4.38. The number of alkyl halides is 3. The summed E-state index contributed by atoms with van der Waals surface area (Å²) in [5.74, 6) is 0.239. The number of H-pyrrole nitrogens is 1. The van der Waals surface area contributed by atoms with Gasteiger partial charge >= 0.3 is 6.18 Å². The number of ether oxygens (including phenoxy) is 1. The lowest BCUT2D eigenvalue weighted by molar-refractivity contribution is -0.139. The van der Waals surface area contributed by atoms with E-state index in [2.05, 4.69) is 20.1 Å². The molecular formula is C23H25F3N6O2. The molecule has 0 radical (unpaired) electrons. The fourth-order valence-electron chi connectivity index (χ4n) is 4.45. The van der Waals surface area contributed by atoms with Gasteiger partial charge in [-0.05, 0) is 56.4 Å². The number of nitrogens with zero attached hydrogens (tertiary/aromatic N) is 5. The number of aromatic nitrogens is 5. The SMILES string of the molecule is [2H]c1cc(-c2ccc3ncn(CC(F)(F)F)c3c2)c2c(OC)nc(=NC3CCC(C)(O)CC3)[nH]n12. The molecule has 1 aliphatic carbocycles. The van der Waals surface area contributed by atoms with Crippen molar-refractivity contribution in [2.75, 3.05) is 7.11 Å². The lowest BCUT2D eigenvalue weighted by Gasteiger charge is -2.30. The Morgan fingerprint density at radius 2 is 2.09 bits per heavy atom. The lowest BCUT2D eigenvalue weighted by atomic mass is 9.84. The van der Waals surface area contributed by atoms with Crippen molar-refractivity contribution in [3.05, 3.63) is 42.4 Å². The predicted octanol–water partition coefficient (Wildman–Crippen LogP) is 3.84. The fraction of sp³-hybridized carbons (Fsp3) is 0.435. The number of aromatic amines is 1. The van der Waals surface area contributed by atoms with Crippen molar-refractivity contribution in [2.45, 2.75) is 57.0 Å². The van der Waals surface area contributed by atoms with Crippen LogP contribution in [0.25, 0.3) is 27.7 Å². The molecule has 34 heavy (non-hydrogen) atoms. The van der Waals surface area contributed by atoms with Crippen LogP contribution >= 0.6 is 0 Å². The zero-order valence-corrected chi connectivity index (χ0v) is 18.7. The van der Waals surface area contributed by atoms with Gasteiger partial charge in [0.05, 0.1) is 37.5 Å². The summed E-state index contributed by atoms with van der Waals surface area (Å²) in [6.45, 7) is 0.678. The van der Waals surface area contributed by atoms with E-state index in [-0.39, 0.29) is 18.1 Å². The van der Waals surface area contributed by atoms with Crippen LogP contribution in [0.3, 0.4) is 0 Å². The Morgan fingerprint density at radius 3 is 2.79 bits per heavy atom. The summed E-state index contributed by atoms with van der Waals surface area (Å²) in [6.07, 6.45) is -0.363. The van der Waals surface area contributed by atoms with Crippen LogP contribution in [0.15, 0.2) is 41.8 Å². The molecular weight excluding hydrogens is 449 g/mol. The molecule has 3 heterocycles. The fourth-order valence-corrected chi connectivity index (χ4v) is 4.45. The molecule has 0 atom stereocenters. The topological polar surface area (TPSA) is 92.7 Å². The van der Waals surface area contributed by atoms with Gasteiger partial charge in [-0.1, -0.05) is 6.07 Å². The monoisotopic (exact) mass is 475 g/mol. The highest BCUT2D eigenvalue weighted by Gasteiger charge is 2.29. The van der Waals surface area contributed by atoms with E-state index in [1.807, 2.05) is 6.92 Å². The molecule has 11 heteroatoms. The number of halogens is 3. The first-order valence-corrected chi connectivity index (χ1v) is 11.0. The first kappa shape index (κ1) is 21.2. The highest BCUT2D eigenvalue weighted by atomic mass is 19.4. The quantitative estimate of drug-likeness (QED) is 0.469. The molecule has 0 saturated heterocycles. The number of benzene rings is 1. The molecule has 2 N–H and O–H groups in total. The first-order chi connectivity index (χ1) is 16.5. The largest absolute Gasteiger partial charge is 0.479 e. The number of fused-ring (bicyclic) bond motifs is 2. The van der Waals surface area contributed by atoms with Gasteiger partial charge in [0.15, 0.2) is 0 Å². The van der Waals surface area contributed by atoms with E-state index in [4.69, 9.17) is 6.11 Å². The van der Waals surface area contributed by atoms with Gasteiger partial charge in [-0.2, -0.15) is 18.2 Å². The van der Waals surface area contributed by atoms with Crippen LogP contribution in [0, 0.1) is 0 Å². The molecule has 3 aromatic heterocycles. The van der Waals surface area contributed by atoms with E-state index in [9.17, 15) is 18.3 Å². The van der Waals surface area contributed by atoms with Gasteiger partial charge in [-0.15, -0.1) is 0 Å². The van der Waals surface area contributed by atoms with Crippen LogP contribution in [0.2, 0.25) is 0 Å². The van der Waals surface area contributed by atoms with Crippen molar-refractivity contribution in [3.8, 4) is 17.0 Å². The number of nitrogens with one attached hydrogen (secondary N) is 1. The lowest BCUT2D eigenvalue weighted by Crippen LogP contribution is -2.33. The van der Waals surface area contributed by atoms with Gasteiger partial charge < -0.3 is 14.4 Å². The van der Waals surface area contributed by atoms with Crippen molar-refractivity contribution in [2.24, 2.45) is 4.99 Å². The molecule has 1 aliphatic rings. The maximum atomic E-state index is 13.0. The third-order valence-corrected chi connectivity index (χ3v) is 6.25. The van der Waals surface area contributed by atoms with Crippen molar-refractivity contribution >= 4 is 16.6 Å². The molecule has 1 aromatic carbocycles. The Kier molecular flexibility index (Phi) is 5.09. The second kappa shape index (κ2) is 8.15. The van der Waals surface area contributed by atoms with E-state index in [1.165, 1.54) is 18.0 Å². The Bertz CT molecular complexity index is 1460. The zero-order chi connectivity index (χ0) is 25.0. The van der Waals surface area contributed by atoms with E-state index in [0.29, 0.717) is 46.1 Å². The number of rotatable bonds is 4. The Balaban J connectivity index is 1.59. The van der Waals surface area contributed by atoms with Crippen molar-refractivity contribution < 1.29 is 24.4 Å². The van der Waals surface area contributed by atoms with Crippen LogP contribution in [0.1, 0.15) is 34.0 Å². The normalized spacial score (nSPS) is 22.5. The van der Waals surface area contributed by atoms with Crippen molar-refractivity contribution in [1.82, 2.24) is 24.1 Å². The van der Waals surface area contributed by atoms with Crippen LogP contribution in [0.4, 0.5) is 13.2 Å². The Hall–Kier alpha value is -3.34. The molecule has 0 aliphatic heterocycles. The summed E-state index contributed by atoms with van der Waals surface area (Å²) in [6, 6.07) is 6.60. The number of methoxy groups -OCH3 is 1. The molecule has 1 saturated carbocycles. The highest BCUT2D eigenvalue weighted by Crippen LogP contribution is 2.33. The van der Waals surface area contributed by atoms with E-state index >= 15 is 0 Å². The molecule has 8 nitrogen and oxygen atoms in total. The van der Waals surface area contributed by atoms with E-state index in [0.717, 1.165) is 17.4 Å². The molecule has 0 unspecified atom stereocenters. The summed E-state index contributed by atoms with van der Waals surface area (Å²) in [5, 5.41) is 13.2. The third kappa shape index (κ3) is 4.39. The number of imidazole rings is 1. The summed E-state index contributed by atoms with van der Waals surface area (Å²) in [5.41, 5.74) is 2.06. The number of hydrogen-bond donors (Lipinski definition) is 2. The maximum absolute atomic E-state index is 13.0. The standard InChI is InChI=1S/C23H25F3N6O2/c1-22(33)8-5-15(6-9-22)28-21-29-20(34-2)19-16(7-10-32(19)30-21)14-3-4-17-18(11-14)31(13-27-17)12-23(24,25)26/h3-4,7,10-11,13,15,33H,5-6,8-9,12H2,1-2H3,(H,28,30)/i10D. The molecule has 180 valence electrons. The molecule has 0 bridgehead atoms. The van der Waals surface area contributed by atoms with Crippen LogP contribution in [-0.2, 0) is 6.54 Å². The molecule has 0 spiro atoms. The molecule has 0 amide bonds. The second-order valence-corrected chi connectivity index (χ2v) is 8.98. The highest BCUT2D eigenvalue weighted by molar-refractivity contribution is 5.89.